The van der Waals surface area contributed by atoms with Gasteiger partial charge in [0.25, 0.3) is 0 Å². The lowest BCUT2D eigenvalue weighted by molar-refractivity contribution is -0.116. The van der Waals surface area contributed by atoms with Crippen molar-refractivity contribution in [2.75, 3.05) is 24.3 Å². The lowest BCUT2D eigenvalue weighted by Gasteiger charge is -2.23. The van der Waals surface area contributed by atoms with Gasteiger partial charge in [-0.15, -0.1) is 0 Å². The summed E-state index contributed by atoms with van der Waals surface area (Å²) < 4.78 is 5.35. The molecular weight excluding hydrogens is 386 g/mol. The number of carbonyl (C=O) groups is 1. The normalized spacial score (nSPS) is 10.6. The first-order valence-electron chi connectivity index (χ1n) is 8.06. The van der Waals surface area contributed by atoms with Crippen LogP contribution < -0.4 is 9.64 Å². The van der Waals surface area contributed by atoms with Crippen molar-refractivity contribution in [3.8, 4) is 11.8 Å². The Bertz CT molecular complexity index is 1000. The standard InChI is InChI=1S/C18H16ClN5O2S/c1-26-15-6-3-2-5-14(15)24(8-4-7-20)16(25)11-27-18-22-13-9-12(19)10-21-17(13)23-18/h2-3,5-6,9-10H,4,8,11H2,1H3,(H,21,22,23). The van der Waals surface area contributed by atoms with E-state index in [0.717, 1.165) is 0 Å². The smallest absolute Gasteiger partial charge is 0.237 e. The number of H-pyrrole nitrogens is 1. The van der Waals surface area contributed by atoms with Crippen molar-refractivity contribution < 1.29 is 9.53 Å². The van der Waals surface area contributed by atoms with Crippen LogP contribution in [0.4, 0.5) is 5.69 Å². The molecule has 0 aliphatic rings. The van der Waals surface area contributed by atoms with Gasteiger partial charge in [-0.25, -0.2) is 9.97 Å². The number of anilines is 1. The quantitative estimate of drug-likeness (QED) is 0.607. The van der Waals surface area contributed by atoms with Gasteiger partial charge in [-0.05, 0) is 18.2 Å². The second-order valence-electron chi connectivity index (χ2n) is 5.48. The number of nitrogens with one attached hydrogen (secondary N) is 1. The number of imidazole rings is 1. The van der Waals surface area contributed by atoms with Crippen LogP contribution >= 0.6 is 23.4 Å². The fourth-order valence-electron chi connectivity index (χ4n) is 2.52. The highest BCUT2D eigenvalue weighted by atomic mass is 35.5. The highest BCUT2D eigenvalue weighted by Gasteiger charge is 2.20. The number of halogens is 1. The Kier molecular flexibility index (Phi) is 6.16. The number of rotatable bonds is 7. The molecular formula is C18H16ClN5O2S. The average Bonchev–Trinajstić information content (AvgIpc) is 3.09. The van der Waals surface area contributed by atoms with Gasteiger partial charge in [-0.3, -0.25) is 4.79 Å². The molecule has 0 saturated carbocycles. The Labute approximate surface area is 165 Å². The second-order valence-corrected chi connectivity index (χ2v) is 6.88. The molecule has 3 aromatic rings. The molecule has 138 valence electrons. The molecule has 0 spiro atoms. The molecule has 1 N–H and O–H groups in total. The van der Waals surface area contributed by atoms with Gasteiger partial charge in [0.05, 0.1) is 41.6 Å². The van der Waals surface area contributed by atoms with Crippen LogP contribution in [0.25, 0.3) is 11.2 Å². The monoisotopic (exact) mass is 401 g/mol. The predicted octanol–water partition coefficient (Wildman–Crippen LogP) is 3.66. The lowest BCUT2D eigenvalue weighted by Crippen LogP contribution is -2.33. The SMILES string of the molecule is COc1ccccc1N(CCC#N)C(=O)CSc1nc2ncc(Cl)cc2[nH]1. The van der Waals surface area contributed by atoms with Crippen molar-refractivity contribution in [3.63, 3.8) is 0 Å². The number of ether oxygens (including phenoxy) is 1. The van der Waals surface area contributed by atoms with E-state index in [1.165, 1.54) is 18.0 Å². The Morgan fingerprint density at radius 1 is 1.44 bits per heavy atom. The molecule has 9 heteroatoms. The number of aromatic amines is 1. The molecule has 3 rings (SSSR count). The molecule has 2 aromatic heterocycles. The molecule has 2 heterocycles. The van der Waals surface area contributed by atoms with Crippen LogP contribution in [0.1, 0.15) is 6.42 Å². The van der Waals surface area contributed by atoms with E-state index in [1.807, 2.05) is 12.1 Å². The first kappa shape index (κ1) is 19.0. The van der Waals surface area contributed by atoms with Gasteiger partial charge in [-0.2, -0.15) is 5.26 Å². The van der Waals surface area contributed by atoms with E-state index < -0.39 is 0 Å². The minimum atomic E-state index is -0.147. The number of hydrogen-bond donors (Lipinski definition) is 1. The maximum absolute atomic E-state index is 12.8. The molecule has 0 unspecified atom stereocenters. The van der Waals surface area contributed by atoms with Gasteiger partial charge >= 0.3 is 0 Å². The first-order chi connectivity index (χ1) is 13.1. The summed E-state index contributed by atoms with van der Waals surface area (Å²) in [5.74, 6) is 0.583. The van der Waals surface area contributed by atoms with Crippen molar-refractivity contribution in [1.29, 1.82) is 5.26 Å². The van der Waals surface area contributed by atoms with E-state index in [9.17, 15) is 4.79 Å². The second kappa shape index (κ2) is 8.75. The number of fused-ring (bicyclic) bond motifs is 1. The van der Waals surface area contributed by atoms with Crippen LogP contribution in [-0.4, -0.2) is 40.3 Å². The van der Waals surface area contributed by atoms with Gasteiger partial charge in [0.1, 0.15) is 5.75 Å². The van der Waals surface area contributed by atoms with E-state index >= 15 is 0 Å². The minimum absolute atomic E-state index is 0.147. The van der Waals surface area contributed by atoms with Crippen LogP contribution in [0.5, 0.6) is 5.75 Å². The summed E-state index contributed by atoms with van der Waals surface area (Å²) in [4.78, 5) is 26.0. The Hall–Kier alpha value is -2.76. The van der Waals surface area contributed by atoms with Crippen LogP contribution in [0.2, 0.25) is 5.02 Å². The third kappa shape index (κ3) is 4.51. The van der Waals surface area contributed by atoms with Gasteiger partial charge in [0.2, 0.25) is 5.91 Å². The number of nitriles is 1. The number of methoxy groups -OCH3 is 1. The first-order valence-corrected chi connectivity index (χ1v) is 9.43. The fourth-order valence-corrected chi connectivity index (χ4v) is 3.43. The summed E-state index contributed by atoms with van der Waals surface area (Å²) in [6, 6.07) is 11.0. The summed E-state index contributed by atoms with van der Waals surface area (Å²) in [6.07, 6.45) is 1.75. The third-order valence-electron chi connectivity index (χ3n) is 3.74. The number of amides is 1. The van der Waals surface area contributed by atoms with Crippen molar-refractivity contribution >= 4 is 46.1 Å². The van der Waals surface area contributed by atoms with Gasteiger partial charge in [0.15, 0.2) is 10.8 Å². The summed E-state index contributed by atoms with van der Waals surface area (Å²) in [6.45, 7) is 0.285. The summed E-state index contributed by atoms with van der Waals surface area (Å²) in [5, 5.41) is 10.0. The number of aromatic nitrogens is 3. The predicted molar refractivity (Wildman–Crippen MR) is 105 cm³/mol. The number of thioether (sulfide) groups is 1. The lowest BCUT2D eigenvalue weighted by atomic mass is 10.2. The highest BCUT2D eigenvalue weighted by molar-refractivity contribution is 7.99. The van der Waals surface area contributed by atoms with Crippen LogP contribution in [0.15, 0.2) is 41.7 Å². The maximum atomic E-state index is 12.8. The van der Waals surface area contributed by atoms with Crippen molar-refractivity contribution in [3.05, 3.63) is 41.6 Å². The third-order valence-corrected chi connectivity index (χ3v) is 4.80. The van der Waals surface area contributed by atoms with E-state index in [2.05, 4.69) is 21.0 Å². The number of carbonyl (C=O) groups excluding carboxylic acids is 1. The number of benzene rings is 1. The van der Waals surface area contributed by atoms with Gasteiger partial charge in [-0.1, -0.05) is 35.5 Å². The van der Waals surface area contributed by atoms with Crippen LogP contribution in [0, 0.1) is 11.3 Å². The molecule has 0 bridgehead atoms. The van der Waals surface area contributed by atoms with E-state index in [0.29, 0.717) is 32.8 Å². The molecule has 0 atom stereocenters. The number of nitrogens with zero attached hydrogens (tertiary/aromatic N) is 4. The largest absolute Gasteiger partial charge is 0.495 e. The average molecular weight is 402 g/mol. The zero-order chi connectivity index (χ0) is 19.2. The molecule has 7 nitrogen and oxygen atoms in total. The minimum Gasteiger partial charge on any atom is -0.495 e. The van der Waals surface area contributed by atoms with Crippen molar-refractivity contribution in [2.45, 2.75) is 11.6 Å². The number of para-hydroxylation sites is 2. The molecule has 0 fully saturated rings. The molecule has 27 heavy (non-hydrogen) atoms. The molecule has 1 aromatic carbocycles. The van der Waals surface area contributed by atoms with E-state index in [4.69, 9.17) is 21.6 Å². The Morgan fingerprint density at radius 3 is 3.04 bits per heavy atom. The summed E-state index contributed by atoms with van der Waals surface area (Å²) in [7, 11) is 1.55. The number of pyridine rings is 1. The zero-order valence-corrected chi connectivity index (χ0v) is 16.0. The fraction of sp³-hybridized carbons (Fsp3) is 0.222. The number of hydrogen-bond acceptors (Lipinski definition) is 6. The van der Waals surface area contributed by atoms with Crippen molar-refractivity contribution in [2.24, 2.45) is 0 Å². The molecule has 0 aliphatic heterocycles. The van der Waals surface area contributed by atoms with E-state index in [-0.39, 0.29) is 24.6 Å². The Balaban J connectivity index is 1.76. The van der Waals surface area contributed by atoms with Crippen LogP contribution in [0.3, 0.4) is 0 Å². The van der Waals surface area contributed by atoms with Crippen LogP contribution in [-0.2, 0) is 4.79 Å². The van der Waals surface area contributed by atoms with Crippen molar-refractivity contribution in [1.82, 2.24) is 15.0 Å². The van der Waals surface area contributed by atoms with Gasteiger partial charge < -0.3 is 14.6 Å². The maximum Gasteiger partial charge on any atom is 0.237 e. The molecule has 0 radical (unpaired) electrons. The molecule has 0 saturated heterocycles. The van der Waals surface area contributed by atoms with Gasteiger partial charge in [0, 0.05) is 12.7 Å². The summed E-state index contributed by atoms with van der Waals surface area (Å²) >= 11 is 7.19. The highest BCUT2D eigenvalue weighted by Crippen LogP contribution is 2.29. The Morgan fingerprint density at radius 2 is 2.26 bits per heavy atom. The topological polar surface area (TPSA) is 94.9 Å². The zero-order valence-electron chi connectivity index (χ0n) is 14.5. The molecule has 1 amide bonds. The summed E-state index contributed by atoms with van der Waals surface area (Å²) in [5.41, 5.74) is 1.89. The van der Waals surface area contributed by atoms with E-state index in [1.54, 1.807) is 30.2 Å². The molecule has 0 aliphatic carbocycles.